The monoisotopic (exact) mass is 251 g/mol. The third-order valence-corrected chi connectivity index (χ3v) is 5.35. The fraction of sp³-hybridized carbons (Fsp3) is 0.867. The molecule has 1 saturated carbocycles. The lowest BCUT2D eigenvalue weighted by Crippen LogP contribution is -2.66. The molecule has 3 atom stereocenters. The van der Waals surface area contributed by atoms with Crippen LogP contribution in [0.3, 0.4) is 0 Å². The zero-order chi connectivity index (χ0) is 12.6. The van der Waals surface area contributed by atoms with Crippen molar-refractivity contribution in [3.8, 4) is 0 Å². The van der Waals surface area contributed by atoms with Gasteiger partial charge < -0.3 is 14.7 Å². The van der Waals surface area contributed by atoms with Crippen molar-refractivity contribution in [1.82, 2.24) is 4.90 Å². The molecule has 3 aliphatic rings. The van der Waals surface area contributed by atoms with Crippen LogP contribution in [0.1, 0.15) is 32.6 Å². The van der Waals surface area contributed by atoms with Gasteiger partial charge in [-0.3, -0.25) is 0 Å². The van der Waals surface area contributed by atoms with Gasteiger partial charge in [0, 0.05) is 23.9 Å². The van der Waals surface area contributed by atoms with Crippen LogP contribution in [0.5, 0.6) is 0 Å². The van der Waals surface area contributed by atoms with E-state index in [1.165, 1.54) is 12.8 Å². The molecule has 0 aromatic heterocycles. The predicted octanol–water partition coefficient (Wildman–Crippen LogP) is 1.82. The fourth-order valence-corrected chi connectivity index (χ4v) is 4.58. The number of aliphatic hydroxyl groups excluding tert-OH is 1. The molecule has 0 aromatic rings. The third kappa shape index (κ3) is 1.75. The number of piperidine rings is 1. The van der Waals surface area contributed by atoms with Crippen molar-refractivity contribution in [1.29, 1.82) is 0 Å². The molecule has 3 rings (SSSR count). The van der Waals surface area contributed by atoms with Crippen molar-refractivity contribution in [3.05, 3.63) is 12.2 Å². The van der Waals surface area contributed by atoms with E-state index in [2.05, 4.69) is 24.0 Å². The number of rotatable bonds is 2. The first kappa shape index (κ1) is 12.6. The van der Waals surface area contributed by atoms with Gasteiger partial charge in [-0.1, -0.05) is 25.5 Å². The van der Waals surface area contributed by atoms with E-state index in [-0.39, 0.29) is 23.5 Å². The molecule has 0 spiro atoms. The summed E-state index contributed by atoms with van der Waals surface area (Å²) in [6.45, 7) is 6.45. The van der Waals surface area contributed by atoms with Crippen LogP contribution >= 0.6 is 0 Å². The molecule has 0 unspecified atom stereocenters. The van der Waals surface area contributed by atoms with E-state index in [1.54, 1.807) is 0 Å². The van der Waals surface area contributed by atoms with Crippen LogP contribution in [0.2, 0.25) is 0 Å². The topological polar surface area (TPSA) is 32.7 Å². The molecule has 0 aromatic carbocycles. The number of nitrogens with zero attached hydrogens (tertiary/aromatic N) is 1. The van der Waals surface area contributed by atoms with Crippen LogP contribution in [0.25, 0.3) is 0 Å². The molecule has 2 bridgehead atoms. The van der Waals surface area contributed by atoms with Crippen LogP contribution in [-0.4, -0.2) is 49.0 Å². The molecule has 2 fully saturated rings. The molecule has 3 heteroatoms. The summed E-state index contributed by atoms with van der Waals surface area (Å²) in [5.41, 5.74) is 0.237. The van der Waals surface area contributed by atoms with Crippen LogP contribution < -0.4 is 0 Å². The molecule has 2 aliphatic heterocycles. The van der Waals surface area contributed by atoms with Gasteiger partial charge >= 0.3 is 0 Å². The van der Waals surface area contributed by atoms with Gasteiger partial charge in [0.25, 0.3) is 0 Å². The lowest BCUT2D eigenvalue weighted by Gasteiger charge is -2.60. The lowest BCUT2D eigenvalue weighted by molar-refractivity contribution is -0.197. The Morgan fingerprint density at radius 1 is 1.33 bits per heavy atom. The summed E-state index contributed by atoms with van der Waals surface area (Å²) >= 11 is 0. The SMILES string of the molecule is CCN1C[C@]2(CO)CCC[C@]3(CC=CCO[C@@H]23)C1. The minimum Gasteiger partial charge on any atom is -0.396 e. The summed E-state index contributed by atoms with van der Waals surface area (Å²) in [6, 6.07) is 0. The molecule has 0 amide bonds. The van der Waals surface area contributed by atoms with Gasteiger partial charge in [0.15, 0.2) is 0 Å². The third-order valence-electron chi connectivity index (χ3n) is 5.35. The largest absolute Gasteiger partial charge is 0.396 e. The van der Waals surface area contributed by atoms with Crippen molar-refractivity contribution in [3.63, 3.8) is 0 Å². The summed E-state index contributed by atoms with van der Waals surface area (Å²) in [5.74, 6) is 0. The number of hydrogen-bond donors (Lipinski definition) is 1. The van der Waals surface area contributed by atoms with Gasteiger partial charge in [-0.25, -0.2) is 0 Å². The highest BCUT2D eigenvalue weighted by molar-refractivity contribution is 5.12. The van der Waals surface area contributed by atoms with Crippen molar-refractivity contribution in [2.45, 2.75) is 38.7 Å². The average Bonchev–Trinajstić information content (AvgIpc) is 2.60. The van der Waals surface area contributed by atoms with Crippen molar-refractivity contribution >= 4 is 0 Å². The van der Waals surface area contributed by atoms with E-state index in [4.69, 9.17) is 4.74 Å². The lowest BCUT2D eigenvalue weighted by atomic mass is 9.56. The zero-order valence-electron chi connectivity index (χ0n) is 11.4. The van der Waals surface area contributed by atoms with E-state index in [0.717, 1.165) is 39.1 Å². The quantitative estimate of drug-likeness (QED) is 0.760. The summed E-state index contributed by atoms with van der Waals surface area (Å²) in [4.78, 5) is 2.52. The molecule has 1 aliphatic carbocycles. The van der Waals surface area contributed by atoms with E-state index in [9.17, 15) is 5.11 Å². The number of likely N-dealkylation sites (tertiary alicyclic amines) is 1. The second-order valence-corrected chi connectivity index (χ2v) is 6.43. The normalized spacial score (nSPS) is 44.4. The molecule has 0 radical (unpaired) electrons. The first-order chi connectivity index (χ1) is 8.75. The van der Waals surface area contributed by atoms with E-state index < -0.39 is 0 Å². The molecule has 102 valence electrons. The number of aliphatic hydroxyl groups is 1. The molecule has 2 heterocycles. The van der Waals surface area contributed by atoms with E-state index in [0.29, 0.717) is 0 Å². The highest BCUT2D eigenvalue weighted by Gasteiger charge is 2.58. The van der Waals surface area contributed by atoms with Gasteiger partial charge in [-0.05, 0) is 25.8 Å². The summed E-state index contributed by atoms with van der Waals surface area (Å²) in [7, 11) is 0. The van der Waals surface area contributed by atoms with Crippen LogP contribution in [-0.2, 0) is 4.74 Å². The van der Waals surface area contributed by atoms with Crippen molar-refractivity contribution < 1.29 is 9.84 Å². The maximum atomic E-state index is 10.0. The second kappa shape index (κ2) is 4.62. The van der Waals surface area contributed by atoms with Crippen LogP contribution in [0.15, 0.2) is 12.2 Å². The number of allylic oxidation sites excluding steroid dienone is 1. The summed E-state index contributed by atoms with van der Waals surface area (Å²) < 4.78 is 6.18. The Hall–Kier alpha value is -0.380. The first-order valence-corrected chi connectivity index (χ1v) is 7.34. The van der Waals surface area contributed by atoms with Gasteiger partial charge in [-0.15, -0.1) is 0 Å². The minimum atomic E-state index is -0.0153. The van der Waals surface area contributed by atoms with E-state index in [1.807, 2.05) is 0 Å². The highest BCUT2D eigenvalue weighted by Crippen LogP contribution is 2.54. The van der Waals surface area contributed by atoms with Crippen molar-refractivity contribution in [2.24, 2.45) is 10.8 Å². The Morgan fingerprint density at radius 2 is 2.22 bits per heavy atom. The second-order valence-electron chi connectivity index (χ2n) is 6.43. The van der Waals surface area contributed by atoms with Gasteiger partial charge in [-0.2, -0.15) is 0 Å². The smallest absolute Gasteiger partial charge is 0.0741 e. The Kier molecular flexibility index (Phi) is 3.25. The van der Waals surface area contributed by atoms with Crippen molar-refractivity contribution in [2.75, 3.05) is 32.8 Å². The molecular formula is C15H25NO2. The van der Waals surface area contributed by atoms with Crippen LogP contribution in [0.4, 0.5) is 0 Å². The molecule has 1 N–H and O–H groups in total. The first-order valence-electron chi connectivity index (χ1n) is 7.34. The Morgan fingerprint density at radius 3 is 3.00 bits per heavy atom. The molecule has 3 nitrogen and oxygen atoms in total. The van der Waals surface area contributed by atoms with E-state index >= 15 is 0 Å². The highest BCUT2D eigenvalue weighted by atomic mass is 16.5. The summed E-state index contributed by atoms with van der Waals surface area (Å²) in [5, 5.41) is 10.0. The van der Waals surface area contributed by atoms with Gasteiger partial charge in [0.1, 0.15) is 0 Å². The van der Waals surface area contributed by atoms with Gasteiger partial charge in [0.05, 0.1) is 19.3 Å². The van der Waals surface area contributed by atoms with Gasteiger partial charge in [0.2, 0.25) is 0 Å². The fourth-order valence-electron chi connectivity index (χ4n) is 4.58. The maximum absolute atomic E-state index is 10.0. The Bertz CT molecular complexity index is 343. The Labute approximate surface area is 110 Å². The molecule has 1 saturated heterocycles. The van der Waals surface area contributed by atoms with Crippen LogP contribution in [0, 0.1) is 10.8 Å². The number of hydrogen-bond acceptors (Lipinski definition) is 3. The minimum absolute atomic E-state index is 0.0153. The zero-order valence-corrected chi connectivity index (χ0v) is 11.4. The predicted molar refractivity (Wildman–Crippen MR) is 71.4 cm³/mol. The molecule has 18 heavy (non-hydrogen) atoms. The average molecular weight is 251 g/mol. The number of ether oxygens (including phenoxy) is 1. The summed E-state index contributed by atoms with van der Waals surface area (Å²) in [6.07, 6.45) is 9.44. The standard InChI is InChI=1S/C15H25NO2/c1-2-16-10-14-6-3-4-9-18-13(14)15(11-16,12-17)8-5-7-14/h3-4,13,17H,2,5-12H2,1H3/t13-,14-,15+/m1/s1. The molecular weight excluding hydrogens is 226 g/mol. The Balaban J connectivity index is 1.98. The maximum Gasteiger partial charge on any atom is 0.0741 e.